The highest BCUT2D eigenvalue weighted by Crippen LogP contribution is 2.32. The van der Waals surface area contributed by atoms with Gasteiger partial charge in [0.25, 0.3) is 5.56 Å². The minimum atomic E-state index is -4.64. The molecule has 0 aliphatic heterocycles. The number of amidine groups is 1. The molecule has 0 radical (unpaired) electrons. The van der Waals surface area contributed by atoms with Crippen LogP contribution in [-0.4, -0.2) is 26.7 Å². The maximum Gasteiger partial charge on any atom is 0.417 e. The van der Waals surface area contributed by atoms with Crippen molar-refractivity contribution in [3.05, 3.63) is 97.7 Å². The number of aliphatic imine (C=N–C) groups is 1. The molecule has 2 N–H and O–H groups in total. The van der Waals surface area contributed by atoms with E-state index < -0.39 is 23.0 Å². The SMILES string of the molecule is Cc1c(NC(=NCc2ccccc2)c2ccccc2C(F)(F)F)n(C)c(=O)n(CCCO)c1=O. The molecule has 0 unspecified atom stereocenters. The van der Waals surface area contributed by atoms with Gasteiger partial charge < -0.3 is 10.4 Å². The molecule has 0 aliphatic rings. The van der Waals surface area contributed by atoms with Crippen molar-refractivity contribution in [2.75, 3.05) is 11.9 Å². The van der Waals surface area contributed by atoms with Crippen LogP contribution in [0.25, 0.3) is 0 Å². The maximum atomic E-state index is 13.8. The molecule has 0 aliphatic carbocycles. The van der Waals surface area contributed by atoms with E-state index in [1.165, 1.54) is 32.2 Å². The molecule has 34 heavy (non-hydrogen) atoms. The van der Waals surface area contributed by atoms with Crippen LogP contribution in [0.2, 0.25) is 0 Å². The first-order chi connectivity index (χ1) is 16.1. The van der Waals surface area contributed by atoms with Gasteiger partial charge in [0.15, 0.2) is 0 Å². The van der Waals surface area contributed by atoms with Crippen molar-refractivity contribution in [3.63, 3.8) is 0 Å². The summed E-state index contributed by atoms with van der Waals surface area (Å²) >= 11 is 0. The quantitative estimate of drug-likeness (QED) is 0.406. The van der Waals surface area contributed by atoms with Crippen molar-refractivity contribution in [1.82, 2.24) is 9.13 Å². The van der Waals surface area contributed by atoms with Crippen LogP contribution in [0.1, 0.15) is 28.7 Å². The van der Waals surface area contributed by atoms with Gasteiger partial charge in [-0.05, 0) is 25.0 Å². The van der Waals surface area contributed by atoms with Gasteiger partial charge >= 0.3 is 11.9 Å². The third kappa shape index (κ3) is 5.45. The van der Waals surface area contributed by atoms with Crippen molar-refractivity contribution in [2.45, 2.75) is 32.6 Å². The lowest BCUT2D eigenvalue weighted by atomic mass is 10.1. The molecule has 2 aromatic carbocycles. The number of hydrogen-bond acceptors (Lipinski definition) is 4. The fourth-order valence-corrected chi connectivity index (χ4v) is 3.52. The molecule has 180 valence electrons. The predicted molar refractivity (Wildman–Crippen MR) is 124 cm³/mol. The van der Waals surface area contributed by atoms with E-state index in [1.54, 1.807) is 24.3 Å². The highest BCUT2D eigenvalue weighted by atomic mass is 19.4. The Morgan fingerprint density at radius 2 is 1.71 bits per heavy atom. The number of nitrogens with one attached hydrogen (secondary N) is 1. The van der Waals surface area contributed by atoms with Crippen LogP contribution in [0.5, 0.6) is 0 Å². The molecule has 0 saturated carbocycles. The summed E-state index contributed by atoms with van der Waals surface area (Å²) in [5.74, 6) is -0.0820. The van der Waals surface area contributed by atoms with E-state index >= 15 is 0 Å². The summed E-state index contributed by atoms with van der Waals surface area (Å²) in [6, 6.07) is 14.0. The van der Waals surface area contributed by atoms with Crippen LogP contribution in [0.3, 0.4) is 0 Å². The first kappa shape index (κ1) is 25.0. The standard InChI is InChI=1S/C24H25F3N4O3/c1-16-21(30(2)23(34)31(22(16)33)13-8-14-32)29-20(28-15-17-9-4-3-5-10-17)18-11-6-7-12-19(18)24(25,26)27/h3-7,9-12,32H,8,13-15H2,1-2H3,(H,28,29). The normalized spacial score (nSPS) is 12.1. The van der Waals surface area contributed by atoms with Crippen LogP contribution in [0.15, 0.2) is 69.2 Å². The number of aromatic nitrogens is 2. The van der Waals surface area contributed by atoms with Gasteiger partial charge in [0.05, 0.1) is 17.7 Å². The van der Waals surface area contributed by atoms with E-state index in [9.17, 15) is 22.8 Å². The Kier molecular flexibility index (Phi) is 7.72. The second-order valence-corrected chi connectivity index (χ2v) is 7.67. The van der Waals surface area contributed by atoms with Crippen LogP contribution >= 0.6 is 0 Å². The molecule has 0 spiro atoms. The predicted octanol–water partition coefficient (Wildman–Crippen LogP) is 3.32. The molecule has 1 heterocycles. The van der Waals surface area contributed by atoms with Crippen LogP contribution < -0.4 is 16.6 Å². The van der Waals surface area contributed by atoms with E-state index in [0.717, 1.165) is 20.8 Å². The lowest BCUT2D eigenvalue weighted by Gasteiger charge is -2.20. The zero-order valence-corrected chi connectivity index (χ0v) is 18.8. The maximum absolute atomic E-state index is 13.8. The molecule has 3 rings (SSSR count). The van der Waals surface area contributed by atoms with Gasteiger partial charge in [-0.2, -0.15) is 13.2 Å². The average molecular weight is 474 g/mol. The van der Waals surface area contributed by atoms with Gasteiger partial charge in [-0.25, -0.2) is 4.79 Å². The van der Waals surface area contributed by atoms with Gasteiger partial charge in [0.2, 0.25) is 0 Å². The van der Waals surface area contributed by atoms with Gasteiger partial charge in [-0.3, -0.25) is 18.9 Å². The van der Waals surface area contributed by atoms with Gasteiger partial charge in [0, 0.05) is 25.8 Å². The van der Waals surface area contributed by atoms with Crippen molar-refractivity contribution in [2.24, 2.45) is 12.0 Å². The molecule has 1 aromatic heterocycles. The number of aliphatic hydroxyl groups excluding tert-OH is 1. The Morgan fingerprint density at radius 1 is 1.06 bits per heavy atom. The number of aliphatic hydroxyl groups is 1. The van der Waals surface area contributed by atoms with Crippen molar-refractivity contribution >= 4 is 11.7 Å². The molecule has 0 amide bonds. The number of halogens is 3. The zero-order valence-electron chi connectivity index (χ0n) is 18.8. The number of nitrogens with zero attached hydrogens (tertiary/aromatic N) is 3. The smallest absolute Gasteiger partial charge is 0.396 e. The summed E-state index contributed by atoms with van der Waals surface area (Å²) in [6.07, 6.45) is -4.43. The molecule has 0 bridgehead atoms. The number of hydrogen-bond donors (Lipinski definition) is 2. The summed E-state index contributed by atoms with van der Waals surface area (Å²) < 4.78 is 43.4. The molecule has 3 aromatic rings. The molecular weight excluding hydrogens is 449 g/mol. The Labute approximate surface area is 193 Å². The average Bonchev–Trinajstić information content (AvgIpc) is 2.82. The molecule has 0 atom stereocenters. The van der Waals surface area contributed by atoms with E-state index in [-0.39, 0.29) is 48.9 Å². The number of anilines is 1. The third-order valence-corrected chi connectivity index (χ3v) is 5.30. The largest absolute Gasteiger partial charge is 0.417 e. The number of alkyl halides is 3. The van der Waals surface area contributed by atoms with E-state index in [0.29, 0.717) is 0 Å². The topological polar surface area (TPSA) is 88.6 Å². The Morgan fingerprint density at radius 3 is 2.35 bits per heavy atom. The van der Waals surface area contributed by atoms with Crippen molar-refractivity contribution in [1.29, 1.82) is 0 Å². The van der Waals surface area contributed by atoms with Crippen molar-refractivity contribution < 1.29 is 18.3 Å². The molecule has 7 nitrogen and oxygen atoms in total. The van der Waals surface area contributed by atoms with Crippen molar-refractivity contribution in [3.8, 4) is 0 Å². The van der Waals surface area contributed by atoms with E-state index in [1.807, 2.05) is 6.07 Å². The fourth-order valence-electron chi connectivity index (χ4n) is 3.52. The summed E-state index contributed by atoms with van der Waals surface area (Å²) in [4.78, 5) is 30.0. The molecule has 0 saturated heterocycles. The summed E-state index contributed by atoms with van der Waals surface area (Å²) in [5.41, 5.74) is -1.44. The van der Waals surface area contributed by atoms with Gasteiger partial charge in [-0.1, -0.05) is 48.5 Å². The van der Waals surface area contributed by atoms with Crippen LogP contribution in [-0.2, 0) is 26.3 Å². The lowest BCUT2D eigenvalue weighted by molar-refractivity contribution is -0.137. The second-order valence-electron chi connectivity index (χ2n) is 7.67. The van der Waals surface area contributed by atoms with Gasteiger partial charge in [0.1, 0.15) is 11.7 Å². The summed E-state index contributed by atoms with van der Waals surface area (Å²) in [6.45, 7) is 1.38. The van der Waals surface area contributed by atoms with E-state index in [2.05, 4.69) is 10.3 Å². The van der Waals surface area contributed by atoms with Crippen LogP contribution in [0, 0.1) is 6.92 Å². The number of benzene rings is 2. The first-order valence-corrected chi connectivity index (χ1v) is 10.6. The number of rotatable bonds is 7. The fraction of sp³-hybridized carbons (Fsp3) is 0.292. The first-order valence-electron chi connectivity index (χ1n) is 10.6. The van der Waals surface area contributed by atoms with Gasteiger partial charge in [-0.15, -0.1) is 0 Å². The van der Waals surface area contributed by atoms with E-state index in [4.69, 9.17) is 5.11 Å². The zero-order chi connectivity index (χ0) is 24.9. The minimum absolute atomic E-state index is 0.0228. The van der Waals surface area contributed by atoms with Crippen LogP contribution in [0.4, 0.5) is 19.0 Å². The lowest BCUT2D eigenvalue weighted by Crippen LogP contribution is -2.42. The minimum Gasteiger partial charge on any atom is -0.396 e. The molecule has 10 heteroatoms. The Balaban J connectivity index is 2.15. The monoisotopic (exact) mass is 474 g/mol. The third-order valence-electron chi connectivity index (χ3n) is 5.30. The second kappa shape index (κ2) is 10.5. The molecular formula is C24H25F3N4O3. The summed E-state index contributed by atoms with van der Waals surface area (Å²) in [7, 11) is 1.41. The molecule has 0 fully saturated rings. The summed E-state index contributed by atoms with van der Waals surface area (Å²) in [5, 5.41) is 11.9. The Bertz CT molecular complexity index is 1260. The highest BCUT2D eigenvalue weighted by molar-refractivity contribution is 6.09. The Hall–Kier alpha value is -3.66. The highest BCUT2D eigenvalue weighted by Gasteiger charge is 2.34.